The maximum Gasteiger partial charge on any atom is 0.0678 e. The summed E-state index contributed by atoms with van der Waals surface area (Å²) in [5.74, 6) is 0.938. The molecule has 3 heteroatoms. The lowest BCUT2D eigenvalue weighted by atomic mass is 9.79. The summed E-state index contributed by atoms with van der Waals surface area (Å²) in [7, 11) is 0. The third-order valence-corrected chi connectivity index (χ3v) is 5.01. The lowest BCUT2D eigenvalue weighted by molar-refractivity contribution is -0.0906. The Balaban J connectivity index is 2.01. The molecule has 0 aromatic rings. The minimum atomic E-state index is 0.382. The van der Waals surface area contributed by atoms with Gasteiger partial charge in [0.1, 0.15) is 0 Å². The van der Waals surface area contributed by atoms with Crippen LogP contribution < -0.4 is 5.32 Å². The fourth-order valence-corrected chi connectivity index (χ4v) is 4.29. The van der Waals surface area contributed by atoms with Crippen LogP contribution in [0, 0.1) is 5.92 Å². The highest BCUT2D eigenvalue weighted by Gasteiger charge is 2.36. The summed E-state index contributed by atoms with van der Waals surface area (Å²) in [6, 6.07) is 1.40. The van der Waals surface area contributed by atoms with Gasteiger partial charge in [0.15, 0.2) is 0 Å². The monoisotopic (exact) mass is 282 g/mol. The van der Waals surface area contributed by atoms with Crippen LogP contribution in [-0.4, -0.2) is 48.8 Å². The summed E-state index contributed by atoms with van der Waals surface area (Å²) in [4.78, 5) is 2.72. The molecular formula is C17H34N2O. The van der Waals surface area contributed by atoms with Crippen molar-refractivity contribution in [3.05, 3.63) is 0 Å². The number of nitrogens with zero attached hydrogens (tertiary/aromatic N) is 1. The van der Waals surface area contributed by atoms with Crippen molar-refractivity contribution in [2.45, 2.75) is 84.1 Å². The number of hydrogen-bond donors (Lipinski definition) is 1. The summed E-state index contributed by atoms with van der Waals surface area (Å²) in [6.45, 7) is 12.3. The molecule has 0 aromatic carbocycles. The molecule has 3 nitrogen and oxygen atoms in total. The van der Waals surface area contributed by atoms with Gasteiger partial charge >= 0.3 is 0 Å². The van der Waals surface area contributed by atoms with E-state index in [1.807, 2.05) is 0 Å². The maximum absolute atomic E-state index is 5.91. The van der Waals surface area contributed by atoms with Gasteiger partial charge in [0.25, 0.3) is 0 Å². The predicted molar refractivity (Wildman–Crippen MR) is 85.1 cm³/mol. The average molecular weight is 282 g/mol. The van der Waals surface area contributed by atoms with E-state index in [1.54, 1.807) is 0 Å². The summed E-state index contributed by atoms with van der Waals surface area (Å²) >= 11 is 0. The molecule has 1 aliphatic carbocycles. The van der Waals surface area contributed by atoms with Crippen molar-refractivity contribution in [2.24, 2.45) is 5.92 Å². The smallest absolute Gasteiger partial charge is 0.0678 e. The molecule has 1 saturated heterocycles. The summed E-state index contributed by atoms with van der Waals surface area (Å²) < 4.78 is 5.91. The van der Waals surface area contributed by atoms with E-state index in [0.717, 1.165) is 25.6 Å². The van der Waals surface area contributed by atoms with Gasteiger partial charge in [0, 0.05) is 25.2 Å². The quantitative estimate of drug-likeness (QED) is 0.839. The summed E-state index contributed by atoms with van der Waals surface area (Å²) in [5, 5.41) is 3.74. The van der Waals surface area contributed by atoms with Crippen LogP contribution in [0.5, 0.6) is 0 Å². The molecule has 2 rings (SSSR count). The Morgan fingerprint density at radius 1 is 1.10 bits per heavy atom. The highest BCUT2D eigenvalue weighted by Crippen LogP contribution is 2.32. The van der Waals surface area contributed by atoms with Gasteiger partial charge in [-0.1, -0.05) is 26.7 Å². The fourth-order valence-electron chi connectivity index (χ4n) is 4.29. The lowest BCUT2D eigenvalue weighted by Crippen LogP contribution is -2.58. The standard InChI is InChI=1S/C17H34N2O/c1-5-7-15-8-9-16(18-6-2)17(10-15)19-11-13(3)20-14(4)12-19/h13-18H,5-12H2,1-4H3. The number of ether oxygens (including phenoxy) is 1. The second-order valence-corrected chi connectivity index (χ2v) is 6.91. The molecule has 0 radical (unpaired) electrons. The largest absolute Gasteiger partial charge is 0.373 e. The van der Waals surface area contributed by atoms with Crippen LogP contribution in [0.2, 0.25) is 0 Å². The Morgan fingerprint density at radius 3 is 2.40 bits per heavy atom. The second-order valence-electron chi connectivity index (χ2n) is 6.91. The molecule has 2 fully saturated rings. The molecule has 0 aromatic heterocycles. The van der Waals surface area contributed by atoms with Crippen LogP contribution in [0.4, 0.5) is 0 Å². The van der Waals surface area contributed by atoms with Gasteiger partial charge in [-0.25, -0.2) is 0 Å². The fraction of sp³-hybridized carbons (Fsp3) is 1.00. The van der Waals surface area contributed by atoms with Gasteiger partial charge in [0.05, 0.1) is 12.2 Å². The van der Waals surface area contributed by atoms with Crippen LogP contribution in [0.3, 0.4) is 0 Å². The zero-order valence-corrected chi connectivity index (χ0v) is 13.9. The molecule has 1 N–H and O–H groups in total. The van der Waals surface area contributed by atoms with Crippen molar-refractivity contribution in [2.75, 3.05) is 19.6 Å². The second kappa shape index (κ2) is 7.77. The number of rotatable bonds is 5. The average Bonchev–Trinajstić information content (AvgIpc) is 2.40. The molecule has 0 bridgehead atoms. The van der Waals surface area contributed by atoms with E-state index < -0.39 is 0 Å². The third kappa shape index (κ3) is 4.19. The highest BCUT2D eigenvalue weighted by molar-refractivity contribution is 4.93. The van der Waals surface area contributed by atoms with Crippen LogP contribution in [0.25, 0.3) is 0 Å². The maximum atomic E-state index is 5.91. The van der Waals surface area contributed by atoms with Crippen LogP contribution in [0.1, 0.15) is 59.8 Å². The summed E-state index contributed by atoms with van der Waals surface area (Å²) in [5.41, 5.74) is 0. The zero-order valence-electron chi connectivity index (χ0n) is 13.9. The molecule has 1 saturated carbocycles. The van der Waals surface area contributed by atoms with Gasteiger partial charge in [0.2, 0.25) is 0 Å². The Bertz CT molecular complexity index is 274. The van der Waals surface area contributed by atoms with Gasteiger partial charge < -0.3 is 10.1 Å². The first-order chi connectivity index (χ1) is 9.63. The third-order valence-electron chi connectivity index (χ3n) is 5.01. The van der Waals surface area contributed by atoms with Crippen LogP contribution in [0.15, 0.2) is 0 Å². The summed E-state index contributed by atoms with van der Waals surface area (Å²) in [6.07, 6.45) is 7.65. The molecule has 0 spiro atoms. The van der Waals surface area contributed by atoms with Crippen LogP contribution in [-0.2, 0) is 4.74 Å². The predicted octanol–water partition coefficient (Wildman–Crippen LogP) is 3.04. The minimum Gasteiger partial charge on any atom is -0.373 e. The van der Waals surface area contributed by atoms with E-state index in [9.17, 15) is 0 Å². The molecule has 20 heavy (non-hydrogen) atoms. The van der Waals surface area contributed by atoms with E-state index in [2.05, 4.69) is 37.9 Å². The van der Waals surface area contributed by atoms with Crippen molar-refractivity contribution in [3.8, 4) is 0 Å². The van der Waals surface area contributed by atoms with Gasteiger partial charge in [-0.3, -0.25) is 4.90 Å². The minimum absolute atomic E-state index is 0.382. The molecule has 1 aliphatic heterocycles. The van der Waals surface area contributed by atoms with E-state index >= 15 is 0 Å². The molecule has 0 amide bonds. The van der Waals surface area contributed by atoms with Gasteiger partial charge in [-0.15, -0.1) is 0 Å². The van der Waals surface area contributed by atoms with Crippen molar-refractivity contribution in [3.63, 3.8) is 0 Å². The van der Waals surface area contributed by atoms with Crippen molar-refractivity contribution < 1.29 is 4.74 Å². The van der Waals surface area contributed by atoms with E-state index in [0.29, 0.717) is 24.3 Å². The Labute approximate surface area is 125 Å². The van der Waals surface area contributed by atoms with Crippen LogP contribution >= 0.6 is 0 Å². The first-order valence-corrected chi connectivity index (χ1v) is 8.76. The molecular weight excluding hydrogens is 248 g/mol. The normalized spacial score (nSPS) is 39.9. The van der Waals surface area contributed by atoms with Gasteiger partial charge in [-0.2, -0.15) is 0 Å². The zero-order chi connectivity index (χ0) is 14.5. The SMILES string of the molecule is CCCC1CCC(NCC)C(N2CC(C)OC(C)C2)C1. The molecule has 118 valence electrons. The number of hydrogen-bond acceptors (Lipinski definition) is 3. The highest BCUT2D eigenvalue weighted by atomic mass is 16.5. The Hall–Kier alpha value is -0.120. The van der Waals surface area contributed by atoms with Crippen molar-refractivity contribution in [1.29, 1.82) is 0 Å². The molecule has 5 unspecified atom stereocenters. The molecule has 2 aliphatic rings. The van der Waals surface area contributed by atoms with E-state index in [1.165, 1.54) is 32.1 Å². The van der Waals surface area contributed by atoms with Crippen molar-refractivity contribution >= 4 is 0 Å². The number of nitrogens with one attached hydrogen (secondary N) is 1. The van der Waals surface area contributed by atoms with Crippen molar-refractivity contribution in [1.82, 2.24) is 10.2 Å². The molecule has 1 heterocycles. The first kappa shape index (κ1) is 16.3. The number of morpholine rings is 1. The van der Waals surface area contributed by atoms with Gasteiger partial charge in [-0.05, 0) is 45.6 Å². The number of likely N-dealkylation sites (N-methyl/N-ethyl adjacent to an activating group) is 1. The Kier molecular flexibility index (Phi) is 6.31. The first-order valence-electron chi connectivity index (χ1n) is 8.76. The van der Waals surface area contributed by atoms with E-state index in [4.69, 9.17) is 4.74 Å². The molecule has 5 atom stereocenters. The lowest BCUT2D eigenvalue weighted by Gasteiger charge is -2.47. The Morgan fingerprint density at radius 2 is 1.80 bits per heavy atom. The van der Waals surface area contributed by atoms with E-state index in [-0.39, 0.29) is 0 Å². The topological polar surface area (TPSA) is 24.5 Å².